The number of imidazole rings is 1. The quantitative estimate of drug-likeness (QED) is 0.681. The average molecular weight is 380 g/mol. The number of fused-ring (bicyclic) bond motifs is 3. The van der Waals surface area contributed by atoms with Crippen molar-refractivity contribution in [3.63, 3.8) is 0 Å². The van der Waals surface area contributed by atoms with Crippen molar-refractivity contribution in [3.05, 3.63) is 55.7 Å². The number of benzene rings is 1. The molecule has 0 aliphatic carbocycles. The third-order valence-corrected chi connectivity index (χ3v) is 5.60. The Labute approximate surface area is 162 Å². The van der Waals surface area contributed by atoms with E-state index >= 15 is 0 Å². The predicted octanol–water partition coefficient (Wildman–Crippen LogP) is 2.01. The van der Waals surface area contributed by atoms with E-state index in [4.69, 9.17) is 5.10 Å². The van der Waals surface area contributed by atoms with E-state index < -0.39 is 0 Å². The summed E-state index contributed by atoms with van der Waals surface area (Å²) in [7, 11) is 3.13. The molecule has 1 atom stereocenters. The van der Waals surface area contributed by atoms with Crippen molar-refractivity contribution in [2.75, 3.05) is 5.01 Å². The molecule has 146 valence electrons. The summed E-state index contributed by atoms with van der Waals surface area (Å²) in [5, 5.41) is 6.56. The van der Waals surface area contributed by atoms with Gasteiger partial charge in [-0.1, -0.05) is 23.8 Å². The number of aromatic nitrogens is 4. The Kier molecular flexibility index (Phi) is 4.02. The number of hydrogen-bond acceptors (Lipinski definition) is 5. The minimum Gasteiger partial charge on any atom is -0.294 e. The molecule has 8 heteroatoms. The van der Waals surface area contributed by atoms with Crippen molar-refractivity contribution in [1.82, 2.24) is 18.7 Å². The van der Waals surface area contributed by atoms with Gasteiger partial charge >= 0.3 is 5.69 Å². The van der Waals surface area contributed by atoms with Gasteiger partial charge in [0.05, 0.1) is 18.3 Å². The van der Waals surface area contributed by atoms with Gasteiger partial charge < -0.3 is 0 Å². The Morgan fingerprint density at radius 1 is 1.07 bits per heavy atom. The van der Waals surface area contributed by atoms with Crippen LogP contribution in [0.25, 0.3) is 11.2 Å². The summed E-state index contributed by atoms with van der Waals surface area (Å²) in [6.45, 7) is 8.60. The van der Waals surface area contributed by atoms with Gasteiger partial charge in [0.25, 0.3) is 5.56 Å². The fourth-order valence-corrected chi connectivity index (χ4v) is 3.70. The molecule has 0 saturated heterocycles. The van der Waals surface area contributed by atoms with Gasteiger partial charge in [-0.3, -0.25) is 18.5 Å². The third kappa shape index (κ3) is 2.51. The van der Waals surface area contributed by atoms with Crippen molar-refractivity contribution in [2.45, 2.75) is 40.3 Å². The topological polar surface area (TPSA) is 77.4 Å². The molecule has 28 heavy (non-hydrogen) atoms. The highest BCUT2D eigenvalue weighted by Crippen LogP contribution is 2.31. The molecule has 1 unspecified atom stereocenters. The second kappa shape index (κ2) is 6.19. The molecular formula is C20H24N6O2. The van der Waals surface area contributed by atoms with Crippen LogP contribution in [-0.4, -0.2) is 24.4 Å². The number of anilines is 1. The Bertz CT molecular complexity index is 1260. The standard InChI is InChI=1S/C20H24N6O2/c1-11-7-8-12(2)15(9-11)10-25-19-21-17-16(26(19)14(4)13(3)22-25)18(27)24(6)20(28)23(17)5/h7-9,14H,10H2,1-6H3. The summed E-state index contributed by atoms with van der Waals surface area (Å²) in [6, 6.07) is 6.19. The maximum absolute atomic E-state index is 12.9. The zero-order valence-corrected chi connectivity index (χ0v) is 17.0. The monoisotopic (exact) mass is 380 g/mol. The minimum absolute atomic E-state index is 0.125. The summed E-state index contributed by atoms with van der Waals surface area (Å²) in [6.07, 6.45) is 0. The Balaban J connectivity index is 1.97. The Morgan fingerprint density at radius 3 is 2.50 bits per heavy atom. The summed E-state index contributed by atoms with van der Waals surface area (Å²) in [5.74, 6) is 0.576. The van der Waals surface area contributed by atoms with Crippen LogP contribution in [0.3, 0.4) is 0 Å². The van der Waals surface area contributed by atoms with Crippen molar-refractivity contribution >= 4 is 22.8 Å². The number of nitrogens with zero attached hydrogens (tertiary/aromatic N) is 6. The Morgan fingerprint density at radius 2 is 1.79 bits per heavy atom. The van der Waals surface area contributed by atoms with Crippen molar-refractivity contribution in [3.8, 4) is 0 Å². The molecule has 0 bridgehead atoms. The van der Waals surface area contributed by atoms with E-state index in [0.717, 1.165) is 15.8 Å². The summed E-state index contributed by atoms with van der Waals surface area (Å²) >= 11 is 0. The summed E-state index contributed by atoms with van der Waals surface area (Å²) < 4.78 is 4.44. The molecule has 0 amide bonds. The molecule has 3 aromatic rings. The van der Waals surface area contributed by atoms with Crippen LogP contribution in [0.5, 0.6) is 0 Å². The largest absolute Gasteiger partial charge is 0.332 e. The van der Waals surface area contributed by atoms with Gasteiger partial charge in [-0.05, 0) is 38.8 Å². The van der Waals surface area contributed by atoms with Gasteiger partial charge in [0.2, 0.25) is 5.95 Å². The first-order valence-electron chi connectivity index (χ1n) is 9.27. The van der Waals surface area contributed by atoms with Crippen LogP contribution < -0.4 is 16.3 Å². The molecule has 0 saturated carbocycles. The lowest BCUT2D eigenvalue weighted by Gasteiger charge is -2.29. The van der Waals surface area contributed by atoms with Gasteiger partial charge in [0, 0.05) is 14.1 Å². The summed E-state index contributed by atoms with van der Waals surface area (Å²) in [4.78, 5) is 29.9. The van der Waals surface area contributed by atoms with Crippen LogP contribution in [0, 0.1) is 13.8 Å². The zero-order chi connectivity index (χ0) is 20.3. The molecule has 0 N–H and O–H groups in total. The van der Waals surface area contributed by atoms with E-state index in [9.17, 15) is 9.59 Å². The van der Waals surface area contributed by atoms with Gasteiger partial charge in [-0.15, -0.1) is 0 Å². The first-order valence-corrected chi connectivity index (χ1v) is 9.27. The van der Waals surface area contributed by atoms with Crippen molar-refractivity contribution in [1.29, 1.82) is 0 Å². The first kappa shape index (κ1) is 18.2. The van der Waals surface area contributed by atoms with Crippen LogP contribution in [-0.2, 0) is 20.6 Å². The van der Waals surface area contributed by atoms with Crippen LogP contribution in [0.4, 0.5) is 5.95 Å². The minimum atomic E-state index is -0.390. The average Bonchev–Trinajstić information content (AvgIpc) is 3.06. The number of hydrogen-bond donors (Lipinski definition) is 0. The molecule has 0 fully saturated rings. The van der Waals surface area contributed by atoms with Crippen molar-refractivity contribution < 1.29 is 0 Å². The number of rotatable bonds is 2. The molecule has 1 aromatic carbocycles. The normalized spacial score (nSPS) is 16.4. The van der Waals surface area contributed by atoms with Crippen LogP contribution in [0.15, 0.2) is 32.9 Å². The van der Waals surface area contributed by atoms with E-state index in [2.05, 4.69) is 37.0 Å². The van der Waals surface area contributed by atoms with E-state index in [1.807, 2.05) is 23.4 Å². The highest BCUT2D eigenvalue weighted by Gasteiger charge is 2.30. The van der Waals surface area contributed by atoms with E-state index in [-0.39, 0.29) is 17.3 Å². The van der Waals surface area contributed by atoms with Gasteiger partial charge in [-0.2, -0.15) is 10.1 Å². The van der Waals surface area contributed by atoms with E-state index in [1.165, 1.54) is 22.7 Å². The highest BCUT2D eigenvalue weighted by molar-refractivity contribution is 5.91. The molecule has 0 spiro atoms. The Hall–Kier alpha value is -3.16. The smallest absolute Gasteiger partial charge is 0.294 e. The molecule has 1 aliphatic heterocycles. The summed E-state index contributed by atoms with van der Waals surface area (Å²) in [5.41, 5.74) is 4.45. The molecule has 1 aliphatic rings. The fourth-order valence-electron chi connectivity index (χ4n) is 3.70. The molecule has 3 heterocycles. The lowest BCUT2D eigenvalue weighted by atomic mass is 10.1. The highest BCUT2D eigenvalue weighted by atomic mass is 16.2. The van der Waals surface area contributed by atoms with Crippen LogP contribution in [0.1, 0.15) is 36.6 Å². The second-order valence-electron chi connectivity index (χ2n) is 7.56. The van der Waals surface area contributed by atoms with Crippen LogP contribution in [0.2, 0.25) is 0 Å². The molecule has 2 aromatic heterocycles. The van der Waals surface area contributed by atoms with E-state index in [0.29, 0.717) is 23.7 Å². The molecular weight excluding hydrogens is 356 g/mol. The van der Waals surface area contributed by atoms with E-state index in [1.54, 1.807) is 7.05 Å². The SMILES string of the molecule is CC1=NN(Cc2cc(C)ccc2C)c2nc3c(c(=O)n(C)c(=O)n3C)n2C1C. The third-order valence-electron chi connectivity index (χ3n) is 5.60. The molecule has 8 nitrogen and oxygen atoms in total. The first-order chi connectivity index (χ1) is 13.2. The van der Waals surface area contributed by atoms with Gasteiger partial charge in [0.15, 0.2) is 11.2 Å². The lowest BCUT2D eigenvalue weighted by molar-refractivity contribution is 0.633. The van der Waals surface area contributed by atoms with Gasteiger partial charge in [-0.25, -0.2) is 9.80 Å². The maximum Gasteiger partial charge on any atom is 0.332 e. The zero-order valence-electron chi connectivity index (χ0n) is 17.0. The number of hydrazone groups is 1. The second-order valence-corrected chi connectivity index (χ2v) is 7.56. The molecule has 4 rings (SSSR count). The lowest BCUT2D eigenvalue weighted by Crippen LogP contribution is -2.38. The fraction of sp³-hybridized carbons (Fsp3) is 0.400. The van der Waals surface area contributed by atoms with Crippen molar-refractivity contribution in [2.24, 2.45) is 19.2 Å². The van der Waals surface area contributed by atoms with Gasteiger partial charge in [0.1, 0.15) is 0 Å². The molecule has 0 radical (unpaired) electrons. The number of aryl methyl sites for hydroxylation is 3. The van der Waals surface area contributed by atoms with Crippen LogP contribution >= 0.6 is 0 Å². The predicted molar refractivity (Wildman–Crippen MR) is 110 cm³/mol. The maximum atomic E-state index is 12.9.